The zero-order chi connectivity index (χ0) is 20.4. The van der Waals surface area contributed by atoms with Crippen LogP contribution in [-0.2, 0) is 11.8 Å². The fourth-order valence-corrected chi connectivity index (χ4v) is 3.29. The Hall–Kier alpha value is -3.61. The summed E-state index contributed by atoms with van der Waals surface area (Å²) in [6.45, 7) is 1.43. The molecule has 1 aliphatic rings. The molecule has 7 nitrogen and oxygen atoms in total. The number of amides is 1. The number of aryl methyl sites for hydroxylation is 1. The maximum absolute atomic E-state index is 12.3. The third kappa shape index (κ3) is 3.85. The zero-order valence-corrected chi connectivity index (χ0v) is 16.4. The predicted octanol–water partition coefficient (Wildman–Crippen LogP) is 2.52. The van der Waals surface area contributed by atoms with Crippen molar-refractivity contribution in [1.82, 2.24) is 14.7 Å². The molecule has 3 aromatic rings. The van der Waals surface area contributed by atoms with E-state index in [1.54, 1.807) is 25.1 Å². The molecule has 2 heterocycles. The minimum atomic E-state index is -0.225. The number of hydrogen-bond donors (Lipinski definition) is 0. The molecule has 1 aromatic heterocycles. The summed E-state index contributed by atoms with van der Waals surface area (Å²) in [5.41, 5.74) is 1.78. The highest BCUT2D eigenvalue weighted by atomic mass is 16.5. The van der Waals surface area contributed by atoms with E-state index < -0.39 is 0 Å². The first-order valence-electron chi connectivity index (χ1n) is 9.42. The van der Waals surface area contributed by atoms with Gasteiger partial charge in [0.25, 0.3) is 5.56 Å². The average Bonchev–Trinajstić information content (AvgIpc) is 2.73. The Morgan fingerprint density at radius 1 is 0.931 bits per heavy atom. The Labute approximate surface area is 168 Å². The molecule has 0 aliphatic carbocycles. The highest BCUT2D eigenvalue weighted by molar-refractivity contribution is 5.86. The second kappa shape index (κ2) is 7.79. The van der Waals surface area contributed by atoms with Gasteiger partial charge >= 0.3 is 0 Å². The highest BCUT2D eigenvalue weighted by Crippen LogP contribution is 2.36. The Morgan fingerprint density at radius 3 is 2.41 bits per heavy atom. The fraction of sp³-hybridized carbons (Fsp3) is 0.227. The van der Waals surface area contributed by atoms with E-state index in [2.05, 4.69) is 5.10 Å². The van der Waals surface area contributed by atoms with E-state index in [1.807, 2.05) is 59.5 Å². The molecule has 0 radical (unpaired) electrons. The summed E-state index contributed by atoms with van der Waals surface area (Å²) in [6.07, 6.45) is 0. The zero-order valence-electron chi connectivity index (χ0n) is 16.4. The number of para-hydroxylation sites is 2. The molecule has 1 saturated heterocycles. The van der Waals surface area contributed by atoms with E-state index in [4.69, 9.17) is 4.74 Å². The van der Waals surface area contributed by atoms with Crippen LogP contribution in [0.25, 0.3) is 11.3 Å². The first-order chi connectivity index (χ1) is 14.0. The first-order valence-corrected chi connectivity index (χ1v) is 9.42. The third-order valence-electron chi connectivity index (χ3n) is 4.98. The fourth-order valence-electron chi connectivity index (χ4n) is 3.29. The molecular formula is C22H22N4O3. The molecule has 0 atom stereocenters. The number of carbonyl (C=O) groups excluding carboxylic acids is 1. The molecule has 1 aliphatic heterocycles. The number of ether oxygens (including phenoxy) is 1. The van der Waals surface area contributed by atoms with Crippen LogP contribution >= 0.6 is 0 Å². The molecule has 148 valence electrons. The van der Waals surface area contributed by atoms with Gasteiger partial charge in [0.05, 0.1) is 12.2 Å². The largest absolute Gasteiger partial charge is 0.457 e. The summed E-state index contributed by atoms with van der Waals surface area (Å²) >= 11 is 0. The predicted molar refractivity (Wildman–Crippen MR) is 111 cm³/mol. The minimum absolute atomic E-state index is 0.0108. The van der Waals surface area contributed by atoms with E-state index >= 15 is 0 Å². The third-order valence-corrected chi connectivity index (χ3v) is 4.98. The maximum Gasteiger partial charge on any atom is 0.268 e. The molecule has 0 bridgehead atoms. The van der Waals surface area contributed by atoms with E-state index in [1.165, 1.54) is 4.68 Å². The van der Waals surface area contributed by atoms with Crippen molar-refractivity contribution in [3.05, 3.63) is 71.0 Å². The van der Waals surface area contributed by atoms with Crippen molar-refractivity contribution in [2.75, 3.05) is 31.6 Å². The molecule has 0 saturated carbocycles. The molecule has 29 heavy (non-hydrogen) atoms. The normalized spacial score (nSPS) is 14.2. The van der Waals surface area contributed by atoms with Gasteiger partial charge in [-0.2, -0.15) is 5.10 Å². The Balaban J connectivity index is 1.80. The van der Waals surface area contributed by atoms with Gasteiger partial charge in [-0.3, -0.25) is 9.59 Å². The number of aromatic nitrogens is 2. The van der Waals surface area contributed by atoms with Crippen molar-refractivity contribution in [3.63, 3.8) is 0 Å². The van der Waals surface area contributed by atoms with Crippen molar-refractivity contribution in [3.8, 4) is 22.8 Å². The van der Waals surface area contributed by atoms with E-state index in [0.717, 1.165) is 5.56 Å². The van der Waals surface area contributed by atoms with E-state index in [9.17, 15) is 9.59 Å². The summed E-state index contributed by atoms with van der Waals surface area (Å²) in [7, 11) is 3.40. The number of rotatable bonds is 4. The van der Waals surface area contributed by atoms with Gasteiger partial charge < -0.3 is 14.5 Å². The second-order valence-electron chi connectivity index (χ2n) is 6.99. The lowest BCUT2D eigenvalue weighted by Crippen LogP contribution is -2.49. The summed E-state index contributed by atoms with van der Waals surface area (Å²) in [5, 5.41) is 4.52. The number of carbonyl (C=O) groups is 1. The standard InChI is InChI=1S/C22H22N4O3/c1-24-12-13-26(15-21(24)28)18-14-20(27)25(2)23-22(18)17-10-6-7-11-19(17)29-16-8-4-3-5-9-16/h3-11,14H,12-13,15H2,1-2H3. The molecular weight excluding hydrogens is 368 g/mol. The number of anilines is 1. The summed E-state index contributed by atoms with van der Waals surface area (Å²) in [4.78, 5) is 28.2. The number of benzene rings is 2. The quantitative estimate of drug-likeness (QED) is 0.685. The second-order valence-corrected chi connectivity index (χ2v) is 6.99. The van der Waals surface area contributed by atoms with E-state index in [0.29, 0.717) is 36.0 Å². The summed E-state index contributed by atoms with van der Waals surface area (Å²) in [6, 6.07) is 18.6. The van der Waals surface area contributed by atoms with Crippen LogP contribution in [0.3, 0.4) is 0 Å². The van der Waals surface area contributed by atoms with Gasteiger partial charge in [0.15, 0.2) is 0 Å². The van der Waals surface area contributed by atoms with Gasteiger partial charge in [-0.05, 0) is 24.3 Å². The molecule has 4 rings (SSSR count). The number of hydrogen-bond acceptors (Lipinski definition) is 5. The van der Waals surface area contributed by atoms with Crippen LogP contribution in [0.2, 0.25) is 0 Å². The Kier molecular flexibility index (Phi) is 5.03. The Bertz CT molecular complexity index is 1090. The summed E-state index contributed by atoms with van der Waals surface area (Å²) in [5.74, 6) is 1.35. The smallest absolute Gasteiger partial charge is 0.268 e. The SMILES string of the molecule is CN1CCN(c2cc(=O)n(C)nc2-c2ccccc2Oc2ccccc2)CC1=O. The first kappa shape index (κ1) is 18.7. The van der Waals surface area contributed by atoms with Gasteiger partial charge in [0.2, 0.25) is 5.91 Å². The van der Waals surface area contributed by atoms with Crippen LogP contribution in [-0.4, -0.2) is 47.3 Å². The van der Waals surface area contributed by atoms with Crippen LogP contribution in [0, 0.1) is 0 Å². The summed E-state index contributed by atoms with van der Waals surface area (Å²) < 4.78 is 7.40. The number of piperazine rings is 1. The van der Waals surface area contributed by atoms with Gasteiger partial charge in [-0.15, -0.1) is 0 Å². The van der Waals surface area contributed by atoms with Crippen molar-refractivity contribution < 1.29 is 9.53 Å². The van der Waals surface area contributed by atoms with Gasteiger partial charge in [0, 0.05) is 38.8 Å². The molecule has 1 fully saturated rings. The monoisotopic (exact) mass is 390 g/mol. The lowest BCUT2D eigenvalue weighted by atomic mass is 10.1. The number of nitrogens with zero attached hydrogens (tertiary/aromatic N) is 4. The van der Waals surface area contributed by atoms with Crippen LogP contribution in [0.1, 0.15) is 0 Å². The van der Waals surface area contributed by atoms with Gasteiger partial charge in [-0.1, -0.05) is 30.3 Å². The lowest BCUT2D eigenvalue weighted by Gasteiger charge is -2.34. The van der Waals surface area contributed by atoms with Crippen LogP contribution in [0.15, 0.2) is 65.5 Å². The van der Waals surface area contributed by atoms with Crippen LogP contribution in [0.5, 0.6) is 11.5 Å². The van der Waals surface area contributed by atoms with Crippen molar-refractivity contribution in [2.45, 2.75) is 0 Å². The molecule has 0 spiro atoms. The molecule has 7 heteroatoms. The van der Waals surface area contributed by atoms with Crippen molar-refractivity contribution in [1.29, 1.82) is 0 Å². The molecule has 0 unspecified atom stereocenters. The van der Waals surface area contributed by atoms with Crippen LogP contribution in [0.4, 0.5) is 5.69 Å². The molecule has 2 aromatic carbocycles. The number of likely N-dealkylation sites (N-methyl/N-ethyl adjacent to an activating group) is 1. The lowest BCUT2D eigenvalue weighted by molar-refractivity contribution is -0.129. The molecule has 0 N–H and O–H groups in total. The highest BCUT2D eigenvalue weighted by Gasteiger charge is 2.25. The van der Waals surface area contributed by atoms with Gasteiger partial charge in [-0.25, -0.2) is 4.68 Å². The van der Waals surface area contributed by atoms with Crippen LogP contribution < -0.4 is 15.2 Å². The maximum atomic E-state index is 12.3. The Morgan fingerprint density at radius 2 is 1.66 bits per heavy atom. The average molecular weight is 390 g/mol. The van der Waals surface area contributed by atoms with Crippen molar-refractivity contribution in [2.24, 2.45) is 7.05 Å². The van der Waals surface area contributed by atoms with Crippen molar-refractivity contribution >= 4 is 11.6 Å². The van der Waals surface area contributed by atoms with Gasteiger partial charge in [0.1, 0.15) is 17.2 Å². The topological polar surface area (TPSA) is 67.7 Å². The van der Waals surface area contributed by atoms with E-state index in [-0.39, 0.29) is 18.0 Å². The minimum Gasteiger partial charge on any atom is -0.457 e. The molecule has 1 amide bonds.